The summed E-state index contributed by atoms with van der Waals surface area (Å²) in [5.74, 6) is 0.976. The maximum Gasteiger partial charge on any atom is 0.124 e. The summed E-state index contributed by atoms with van der Waals surface area (Å²) in [6, 6.07) is 8.00. The van der Waals surface area contributed by atoms with E-state index in [1.807, 2.05) is 32.2 Å². The van der Waals surface area contributed by atoms with Crippen molar-refractivity contribution >= 4 is 0 Å². The van der Waals surface area contributed by atoms with Crippen LogP contribution in [0, 0.1) is 5.92 Å². The summed E-state index contributed by atoms with van der Waals surface area (Å²) >= 11 is 0. The van der Waals surface area contributed by atoms with Crippen molar-refractivity contribution in [1.29, 1.82) is 0 Å². The van der Waals surface area contributed by atoms with Crippen molar-refractivity contribution in [3.63, 3.8) is 0 Å². The standard InChI is InChI=1S/C13H19NO2/c1-9(15)11-8-16-12-7-5-4-6-10(12)13(11,2)14-3/h4-7,9,11,14-15H,8H2,1-3H3/t9-,11-,13-/m0/s1. The van der Waals surface area contributed by atoms with Crippen molar-refractivity contribution in [1.82, 2.24) is 5.32 Å². The first-order valence-electron chi connectivity index (χ1n) is 5.69. The van der Waals surface area contributed by atoms with Crippen molar-refractivity contribution in [2.45, 2.75) is 25.5 Å². The zero-order valence-electron chi connectivity index (χ0n) is 10.0. The van der Waals surface area contributed by atoms with E-state index in [-0.39, 0.29) is 11.5 Å². The van der Waals surface area contributed by atoms with Crippen molar-refractivity contribution in [2.24, 2.45) is 5.92 Å². The molecule has 0 saturated heterocycles. The summed E-state index contributed by atoms with van der Waals surface area (Å²) in [6.45, 7) is 4.48. The monoisotopic (exact) mass is 221 g/mol. The minimum absolute atomic E-state index is 0.0624. The Morgan fingerprint density at radius 3 is 2.81 bits per heavy atom. The van der Waals surface area contributed by atoms with Gasteiger partial charge in [-0.15, -0.1) is 0 Å². The molecular weight excluding hydrogens is 202 g/mol. The van der Waals surface area contributed by atoms with Crippen LogP contribution in [0.1, 0.15) is 19.4 Å². The topological polar surface area (TPSA) is 41.5 Å². The molecule has 16 heavy (non-hydrogen) atoms. The number of aliphatic hydroxyl groups is 1. The fourth-order valence-corrected chi connectivity index (χ4v) is 2.51. The van der Waals surface area contributed by atoms with E-state index in [1.54, 1.807) is 0 Å². The molecule has 2 N–H and O–H groups in total. The molecule has 0 aliphatic carbocycles. The van der Waals surface area contributed by atoms with Crippen LogP contribution in [0.5, 0.6) is 5.75 Å². The average molecular weight is 221 g/mol. The summed E-state index contributed by atoms with van der Waals surface area (Å²) in [6.07, 6.45) is -0.397. The molecule has 1 aromatic carbocycles. The van der Waals surface area contributed by atoms with Crippen LogP contribution in [-0.4, -0.2) is 24.9 Å². The predicted molar refractivity (Wildman–Crippen MR) is 63.5 cm³/mol. The SMILES string of the molecule is CN[C@@]1(C)c2ccccc2OC[C@H]1[C@H](C)O. The Kier molecular flexibility index (Phi) is 2.91. The molecule has 0 aromatic heterocycles. The van der Waals surface area contributed by atoms with E-state index < -0.39 is 6.10 Å². The lowest BCUT2D eigenvalue weighted by molar-refractivity contribution is 0.0146. The van der Waals surface area contributed by atoms with E-state index in [0.717, 1.165) is 11.3 Å². The summed E-state index contributed by atoms with van der Waals surface area (Å²) in [5, 5.41) is 13.2. The number of benzene rings is 1. The fourth-order valence-electron chi connectivity index (χ4n) is 2.51. The Balaban J connectivity index is 2.48. The van der Waals surface area contributed by atoms with Gasteiger partial charge in [-0.05, 0) is 27.0 Å². The van der Waals surface area contributed by atoms with Crippen LogP contribution in [0.2, 0.25) is 0 Å². The molecule has 0 radical (unpaired) electrons. The molecule has 0 spiro atoms. The highest BCUT2D eigenvalue weighted by Crippen LogP contribution is 2.41. The molecule has 88 valence electrons. The van der Waals surface area contributed by atoms with Gasteiger partial charge >= 0.3 is 0 Å². The Bertz CT molecular complexity index is 378. The molecule has 0 unspecified atom stereocenters. The Labute approximate surface area is 96.4 Å². The summed E-state index contributed by atoms with van der Waals surface area (Å²) in [7, 11) is 1.93. The van der Waals surface area contributed by atoms with Crippen LogP contribution < -0.4 is 10.1 Å². The predicted octanol–water partition coefficient (Wildman–Crippen LogP) is 1.51. The molecule has 3 heteroatoms. The molecule has 2 rings (SSSR count). The molecule has 0 amide bonds. The first-order valence-corrected chi connectivity index (χ1v) is 5.69. The second kappa shape index (κ2) is 4.07. The van der Waals surface area contributed by atoms with Gasteiger partial charge < -0.3 is 15.2 Å². The normalized spacial score (nSPS) is 30.4. The molecule has 1 heterocycles. The quantitative estimate of drug-likeness (QED) is 0.795. The number of fused-ring (bicyclic) bond motifs is 1. The number of para-hydroxylation sites is 1. The van der Waals surface area contributed by atoms with Crippen LogP contribution in [0.4, 0.5) is 0 Å². The summed E-state index contributed by atoms with van der Waals surface area (Å²) in [5.41, 5.74) is 0.887. The number of aliphatic hydroxyl groups excluding tert-OH is 1. The number of nitrogens with one attached hydrogen (secondary N) is 1. The van der Waals surface area contributed by atoms with Gasteiger partial charge in [0.2, 0.25) is 0 Å². The summed E-state index contributed by atoms with van der Waals surface area (Å²) < 4.78 is 5.69. The third-order valence-electron chi connectivity index (χ3n) is 3.71. The molecule has 0 bridgehead atoms. The average Bonchev–Trinajstić information content (AvgIpc) is 2.29. The molecule has 3 atom stereocenters. The number of hydrogen-bond acceptors (Lipinski definition) is 3. The Morgan fingerprint density at radius 1 is 1.50 bits per heavy atom. The lowest BCUT2D eigenvalue weighted by Gasteiger charge is -2.43. The van der Waals surface area contributed by atoms with Crippen molar-refractivity contribution in [3.8, 4) is 5.75 Å². The van der Waals surface area contributed by atoms with Gasteiger partial charge in [-0.25, -0.2) is 0 Å². The Hall–Kier alpha value is -1.06. The molecule has 3 nitrogen and oxygen atoms in total. The fraction of sp³-hybridized carbons (Fsp3) is 0.538. The maximum absolute atomic E-state index is 9.85. The zero-order valence-corrected chi connectivity index (χ0v) is 10.0. The molecule has 1 aliphatic heterocycles. The second-order valence-electron chi connectivity index (χ2n) is 4.61. The van der Waals surface area contributed by atoms with Crippen LogP contribution in [0.25, 0.3) is 0 Å². The van der Waals surface area contributed by atoms with Crippen LogP contribution >= 0.6 is 0 Å². The maximum atomic E-state index is 9.85. The van der Waals surface area contributed by atoms with Crippen LogP contribution in [0.15, 0.2) is 24.3 Å². The van der Waals surface area contributed by atoms with Crippen molar-refractivity contribution in [2.75, 3.05) is 13.7 Å². The van der Waals surface area contributed by atoms with E-state index in [9.17, 15) is 5.11 Å². The van der Waals surface area contributed by atoms with Crippen molar-refractivity contribution < 1.29 is 9.84 Å². The van der Waals surface area contributed by atoms with Gasteiger partial charge in [0, 0.05) is 11.5 Å². The first kappa shape index (κ1) is 11.4. The van der Waals surface area contributed by atoms with Crippen LogP contribution in [-0.2, 0) is 5.54 Å². The largest absolute Gasteiger partial charge is 0.493 e. The summed E-state index contributed by atoms with van der Waals surface area (Å²) in [4.78, 5) is 0. The van der Waals surface area contributed by atoms with Gasteiger partial charge in [0.1, 0.15) is 5.75 Å². The van der Waals surface area contributed by atoms with Gasteiger partial charge in [0.05, 0.1) is 18.2 Å². The highest BCUT2D eigenvalue weighted by atomic mass is 16.5. The molecule has 1 aromatic rings. The van der Waals surface area contributed by atoms with Gasteiger partial charge in [0.15, 0.2) is 0 Å². The number of hydrogen-bond donors (Lipinski definition) is 2. The minimum atomic E-state index is -0.397. The first-order chi connectivity index (χ1) is 7.59. The highest BCUT2D eigenvalue weighted by Gasteiger charge is 2.42. The lowest BCUT2D eigenvalue weighted by Crippen LogP contribution is -2.53. The zero-order chi connectivity index (χ0) is 11.8. The van der Waals surface area contributed by atoms with E-state index in [2.05, 4.69) is 18.3 Å². The third-order valence-corrected chi connectivity index (χ3v) is 3.71. The Morgan fingerprint density at radius 2 is 2.19 bits per heavy atom. The van der Waals surface area contributed by atoms with Gasteiger partial charge in [-0.3, -0.25) is 0 Å². The molecule has 0 saturated carbocycles. The second-order valence-corrected chi connectivity index (χ2v) is 4.61. The lowest BCUT2D eigenvalue weighted by atomic mass is 9.75. The molecule has 1 aliphatic rings. The number of ether oxygens (including phenoxy) is 1. The van der Waals surface area contributed by atoms with Crippen LogP contribution in [0.3, 0.4) is 0 Å². The van der Waals surface area contributed by atoms with Gasteiger partial charge in [0.25, 0.3) is 0 Å². The van der Waals surface area contributed by atoms with E-state index in [0.29, 0.717) is 6.61 Å². The molecule has 0 fully saturated rings. The van der Waals surface area contributed by atoms with E-state index in [1.165, 1.54) is 0 Å². The van der Waals surface area contributed by atoms with Gasteiger partial charge in [-0.2, -0.15) is 0 Å². The smallest absolute Gasteiger partial charge is 0.124 e. The van der Waals surface area contributed by atoms with E-state index in [4.69, 9.17) is 4.74 Å². The minimum Gasteiger partial charge on any atom is -0.493 e. The highest BCUT2D eigenvalue weighted by molar-refractivity contribution is 5.41. The third kappa shape index (κ3) is 1.60. The van der Waals surface area contributed by atoms with Gasteiger partial charge in [-0.1, -0.05) is 18.2 Å². The van der Waals surface area contributed by atoms with Crippen molar-refractivity contribution in [3.05, 3.63) is 29.8 Å². The number of rotatable bonds is 2. The molecular formula is C13H19NO2. The van der Waals surface area contributed by atoms with E-state index >= 15 is 0 Å².